The second-order valence-corrected chi connectivity index (χ2v) is 6.22. The number of benzene rings is 1. The Hall–Kier alpha value is -0.180. The first kappa shape index (κ1) is 13.3. The Morgan fingerprint density at radius 1 is 1.29 bits per heavy atom. The highest BCUT2D eigenvalue weighted by Crippen LogP contribution is 2.20. The van der Waals surface area contributed by atoms with Crippen molar-refractivity contribution in [2.45, 2.75) is 25.0 Å². The third-order valence-corrected chi connectivity index (χ3v) is 4.57. The Labute approximate surface area is 113 Å². The highest BCUT2D eigenvalue weighted by atomic mass is 35.5. The van der Waals surface area contributed by atoms with Crippen LogP contribution in [-0.2, 0) is 5.75 Å². The summed E-state index contributed by atoms with van der Waals surface area (Å²) in [6, 6.07) is 8.19. The molecule has 0 radical (unpaired) electrons. The van der Waals surface area contributed by atoms with Gasteiger partial charge in [0, 0.05) is 10.8 Å². The molecule has 1 atom stereocenters. The lowest BCUT2D eigenvalue weighted by Crippen LogP contribution is -2.29. The molecule has 1 nitrogen and oxygen atoms in total. The summed E-state index contributed by atoms with van der Waals surface area (Å²) in [6.07, 6.45) is 4.12. The minimum absolute atomic E-state index is 0.826. The van der Waals surface area contributed by atoms with Crippen LogP contribution in [0.25, 0.3) is 0 Å². The summed E-state index contributed by atoms with van der Waals surface area (Å²) < 4.78 is 0. The van der Waals surface area contributed by atoms with E-state index in [2.05, 4.69) is 17.4 Å². The normalized spacial score (nSPS) is 20.4. The van der Waals surface area contributed by atoms with Crippen LogP contribution in [0.1, 0.15) is 24.8 Å². The maximum atomic E-state index is 5.86. The van der Waals surface area contributed by atoms with Crippen LogP contribution in [0.2, 0.25) is 5.02 Å². The highest BCUT2D eigenvalue weighted by Gasteiger charge is 2.11. The Morgan fingerprint density at radius 3 is 2.82 bits per heavy atom. The van der Waals surface area contributed by atoms with Gasteiger partial charge in [0.25, 0.3) is 0 Å². The van der Waals surface area contributed by atoms with Gasteiger partial charge in [-0.05, 0) is 61.7 Å². The van der Waals surface area contributed by atoms with Crippen molar-refractivity contribution in [2.75, 3.05) is 18.8 Å². The average Bonchev–Trinajstić information content (AvgIpc) is 2.38. The van der Waals surface area contributed by atoms with E-state index in [1.165, 1.54) is 43.7 Å². The summed E-state index contributed by atoms with van der Waals surface area (Å²) >= 11 is 7.90. The summed E-state index contributed by atoms with van der Waals surface area (Å²) in [5, 5.41) is 4.30. The average molecular weight is 270 g/mol. The maximum Gasteiger partial charge on any atom is 0.0406 e. The van der Waals surface area contributed by atoms with Gasteiger partial charge in [-0.2, -0.15) is 11.8 Å². The Morgan fingerprint density at radius 2 is 2.12 bits per heavy atom. The van der Waals surface area contributed by atoms with E-state index < -0.39 is 0 Å². The number of thioether (sulfide) groups is 1. The van der Waals surface area contributed by atoms with Crippen LogP contribution < -0.4 is 5.32 Å². The fourth-order valence-electron chi connectivity index (χ4n) is 2.19. The van der Waals surface area contributed by atoms with Crippen LogP contribution >= 0.6 is 23.4 Å². The van der Waals surface area contributed by atoms with Crippen molar-refractivity contribution in [3.05, 3.63) is 34.9 Å². The zero-order chi connectivity index (χ0) is 11.9. The number of nitrogens with one attached hydrogen (secondary N) is 1. The standard InChI is InChI=1S/C14H20ClNS/c15-14-5-3-13(4-6-14)11-17-9-7-12-2-1-8-16-10-12/h3-6,12,16H,1-2,7-11H2. The van der Waals surface area contributed by atoms with Gasteiger partial charge in [-0.25, -0.2) is 0 Å². The molecule has 0 bridgehead atoms. The Bertz CT molecular complexity index is 319. The lowest BCUT2D eigenvalue weighted by molar-refractivity contribution is 0.371. The molecular formula is C14H20ClNS. The van der Waals surface area contributed by atoms with Crippen LogP contribution in [0.15, 0.2) is 24.3 Å². The zero-order valence-corrected chi connectivity index (χ0v) is 11.7. The molecule has 0 saturated carbocycles. The molecule has 3 heteroatoms. The lowest BCUT2D eigenvalue weighted by Gasteiger charge is -2.22. The van der Waals surface area contributed by atoms with Crippen molar-refractivity contribution in [1.82, 2.24) is 5.32 Å². The summed E-state index contributed by atoms with van der Waals surface area (Å²) in [4.78, 5) is 0. The van der Waals surface area contributed by atoms with Crippen molar-refractivity contribution in [3.8, 4) is 0 Å². The molecule has 0 aromatic heterocycles. The second-order valence-electron chi connectivity index (χ2n) is 4.68. The summed E-state index contributed by atoms with van der Waals surface area (Å²) in [5.41, 5.74) is 1.38. The molecule has 1 fully saturated rings. The largest absolute Gasteiger partial charge is 0.316 e. The first-order valence-electron chi connectivity index (χ1n) is 6.37. The molecule has 1 aliphatic heterocycles. The number of hydrogen-bond donors (Lipinski definition) is 1. The van der Waals surface area contributed by atoms with Crippen LogP contribution in [-0.4, -0.2) is 18.8 Å². The number of hydrogen-bond acceptors (Lipinski definition) is 2. The fraction of sp³-hybridized carbons (Fsp3) is 0.571. The molecule has 0 amide bonds. The number of halogens is 1. The van der Waals surface area contributed by atoms with Gasteiger partial charge in [-0.15, -0.1) is 0 Å². The van der Waals surface area contributed by atoms with Crippen molar-refractivity contribution in [1.29, 1.82) is 0 Å². The predicted molar refractivity (Wildman–Crippen MR) is 77.8 cm³/mol. The van der Waals surface area contributed by atoms with E-state index in [1.54, 1.807) is 0 Å². The molecule has 1 heterocycles. The maximum absolute atomic E-state index is 5.86. The van der Waals surface area contributed by atoms with E-state index in [9.17, 15) is 0 Å². The molecule has 1 aromatic carbocycles. The molecule has 2 rings (SSSR count). The van der Waals surface area contributed by atoms with E-state index in [-0.39, 0.29) is 0 Å². The third-order valence-electron chi connectivity index (χ3n) is 3.25. The van der Waals surface area contributed by atoms with Gasteiger partial charge in [0.05, 0.1) is 0 Å². The molecule has 1 aliphatic rings. The molecule has 0 aliphatic carbocycles. The molecule has 0 spiro atoms. The lowest BCUT2D eigenvalue weighted by atomic mass is 9.97. The SMILES string of the molecule is Clc1ccc(CSCCC2CCCNC2)cc1. The monoisotopic (exact) mass is 269 g/mol. The Kier molecular flexibility index (Phi) is 5.69. The first-order chi connectivity index (χ1) is 8.34. The van der Waals surface area contributed by atoms with Gasteiger partial charge in [0.15, 0.2) is 0 Å². The van der Waals surface area contributed by atoms with Gasteiger partial charge in [-0.1, -0.05) is 23.7 Å². The van der Waals surface area contributed by atoms with E-state index in [4.69, 9.17) is 11.6 Å². The van der Waals surface area contributed by atoms with Gasteiger partial charge in [0.1, 0.15) is 0 Å². The molecular weight excluding hydrogens is 250 g/mol. The fourth-order valence-corrected chi connectivity index (χ4v) is 3.39. The zero-order valence-electron chi connectivity index (χ0n) is 10.1. The molecule has 1 unspecified atom stereocenters. The van der Waals surface area contributed by atoms with Crippen LogP contribution in [0.3, 0.4) is 0 Å². The minimum atomic E-state index is 0.826. The van der Waals surface area contributed by atoms with Crippen LogP contribution in [0, 0.1) is 5.92 Å². The van der Waals surface area contributed by atoms with Gasteiger partial charge < -0.3 is 5.32 Å². The smallest absolute Gasteiger partial charge is 0.0406 e. The van der Waals surface area contributed by atoms with Crippen molar-refractivity contribution in [3.63, 3.8) is 0 Å². The molecule has 94 valence electrons. The van der Waals surface area contributed by atoms with Crippen molar-refractivity contribution >= 4 is 23.4 Å². The minimum Gasteiger partial charge on any atom is -0.316 e. The summed E-state index contributed by atoms with van der Waals surface area (Å²) in [6.45, 7) is 2.44. The number of rotatable bonds is 5. The predicted octanol–water partition coefficient (Wildman–Crippen LogP) is 3.96. The van der Waals surface area contributed by atoms with Gasteiger partial charge in [0.2, 0.25) is 0 Å². The van der Waals surface area contributed by atoms with E-state index in [1.807, 2.05) is 23.9 Å². The molecule has 1 saturated heterocycles. The van der Waals surface area contributed by atoms with E-state index in [0.29, 0.717) is 0 Å². The third kappa shape index (κ3) is 4.90. The van der Waals surface area contributed by atoms with Crippen molar-refractivity contribution < 1.29 is 0 Å². The topological polar surface area (TPSA) is 12.0 Å². The summed E-state index contributed by atoms with van der Waals surface area (Å²) in [7, 11) is 0. The number of piperidine rings is 1. The van der Waals surface area contributed by atoms with E-state index in [0.717, 1.165) is 16.7 Å². The first-order valence-corrected chi connectivity index (χ1v) is 7.91. The quantitative estimate of drug-likeness (QED) is 0.812. The summed E-state index contributed by atoms with van der Waals surface area (Å²) in [5.74, 6) is 3.29. The molecule has 17 heavy (non-hydrogen) atoms. The van der Waals surface area contributed by atoms with Crippen molar-refractivity contribution in [2.24, 2.45) is 5.92 Å². The second kappa shape index (κ2) is 7.30. The van der Waals surface area contributed by atoms with Gasteiger partial charge >= 0.3 is 0 Å². The van der Waals surface area contributed by atoms with Crippen LogP contribution in [0.5, 0.6) is 0 Å². The highest BCUT2D eigenvalue weighted by molar-refractivity contribution is 7.98. The van der Waals surface area contributed by atoms with Gasteiger partial charge in [-0.3, -0.25) is 0 Å². The van der Waals surface area contributed by atoms with E-state index >= 15 is 0 Å². The molecule has 1 aromatic rings. The van der Waals surface area contributed by atoms with Crippen LogP contribution in [0.4, 0.5) is 0 Å². The molecule has 1 N–H and O–H groups in total. The Balaban J connectivity index is 1.60.